The number of methoxy groups -OCH3 is 1. The van der Waals surface area contributed by atoms with E-state index in [-0.39, 0.29) is 17.5 Å². The number of carbonyl (C=O) groups is 1. The number of hydrogen-bond acceptors (Lipinski definition) is 5. The molecule has 8 heteroatoms. The summed E-state index contributed by atoms with van der Waals surface area (Å²) in [6.07, 6.45) is 1.85. The average molecular weight is 395 g/mol. The fraction of sp³-hybridized carbons (Fsp3) is 0.381. The number of nitrogens with zero attached hydrogens (tertiary/aromatic N) is 3. The molecular weight excluding hydrogens is 370 g/mol. The first kappa shape index (κ1) is 19.0. The molecule has 152 valence electrons. The molecular formula is C21H25N5O3. The van der Waals surface area contributed by atoms with Gasteiger partial charge in [0.1, 0.15) is 17.3 Å². The van der Waals surface area contributed by atoms with E-state index < -0.39 is 0 Å². The lowest BCUT2D eigenvalue weighted by Crippen LogP contribution is -2.48. The summed E-state index contributed by atoms with van der Waals surface area (Å²) in [4.78, 5) is 29.8. The molecule has 1 atom stereocenters. The normalized spacial score (nSPS) is 16.8. The number of piperidine rings is 1. The highest BCUT2D eigenvalue weighted by Crippen LogP contribution is 2.22. The second kappa shape index (κ2) is 7.98. The summed E-state index contributed by atoms with van der Waals surface area (Å²) in [6.45, 7) is 3.95. The van der Waals surface area contributed by atoms with E-state index in [0.29, 0.717) is 18.8 Å². The zero-order valence-electron chi connectivity index (χ0n) is 16.6. The topological polar surface area (TPSA) is 92.2 Å². The Labute approximate surface area is 168 Å². The van der Waals surface area contributed by atoms with Gasteiger partial charge in [-0.2, -0.15) is 5.10 Å². The highest BCUT2D eigenvalue weighted by Gasteiger charge is 2.24. The molecule has 1 unspecified atom stereocenters. The Balaban J connectivity index is 1.46. The van der Waals surface area contributed by atoms with Crippen LogP contribution in [-0.2, 0) is 6.54 Å². The number of amides is 1. The molecule has 2 N–H and O–H groups in total. The SMILES string of the molecule is CCn1nc(N2CCCC(NC(=O)c3cc4cc(OC)ccc4[nH]3)C2)ccc1=O. The number of anilines is 1. The maximum absolute atomic E-state index is 12.8. The third-order valence-electron chi connectivity index (χ3n) is 5.31. The molecule has 3 aromatic rings. The number of H-pyrrole nitrogens is 1. The van der Waals surface area contributed by atoms with E-state index in [2.05, 4.69) is 20.3 Å². The van der Waals surface area contributed by atoms with Crippen molar-refractivity contribution in [2.75, 3.05) is 25.1 Å². The van der Waals surface area contributed by atoms with Gasteiger partial charge < -0.3 is 19.9 Å². The van der Waals surface area contributed by atoms with Crippen LogP contribution in [-0.4, -0.2) is 46.9 Å². The van der Waals surface area contributed by atoms with Gasteiger partial charge in [0.2, 0.25) is 0 Å². The number of hydrogen-bond donors (Lipinski definition) is 2. The highest BCUT2D eigenvalue weighted by atomic mass is 16.5. The second-order valence-electron chi connectivity index (χ2n) is 7.24. The molecule has 0 spiro atoms. The van der Waals surface area contributed by atoms with Gasteiger partial charge in [-0.1, -0.05) is 0 Å². The number of aromatic nitrogens is 3. The zero-order valence-corrected chi connectivity index (χ0v) is 16.6. The van der Waals surface area contributed by atoms with E-state index in [0.717, 1.165) is 41.9 Å². The van der Waals surface area contributed by atoms with E-state index in [1.54, 1.807) is 19.2 Å². The van der Waals surface area contributed by atoms with Crippen LogP contribution in [0.25, 0.3) is 10.9 Å². The van der Waals surface area contributed by atoms with Gasteiger partial charge in [-0.15, -0.1) is 0 Å². The van der Waals surface area contributed by atoms with Gasteiger partial charge in [-0.3, -0.25) is 9.59 Å². The van der Waals surface area contributed by atoms with Crippen molar-refractivity contribution in [1.29, 1.82) is 0 Å². The first-order valence-electron chi connectivity index (χ1n) is 9.88. The number of rotatable bonds is 5. The maximum atomic E-state index is 12.8. The van der Waals surface area contributed by atoms with Crippen molar-refractivity contribution in [2.45, 2.75) is 32.4 Å². The van der Waals surface area contributed by atoms with Crippen LogP contribution < -0.4 is 20.5 Å². The highest BCUT2D eigenvalue weighted by molar-refractivity contribution is 5.98. The molecule has 4 rings (SSSR count). The van der Waals surface area contributed by atoms with Crippen LogP contribution >= 0.6 is 0 Å². The van der Waals surface area contributed by atoms with E-state index in [1.165, 1.54) is 4.68 Å². The minimum Gasteiger partial charge on any atom is -0.497 e. The average Bonchev–Trinajstić information content (AvgIpc) is 3.17. The minimum absolute atomic E-state index is 0.0148. The maximum Gasteiger partial charge on any atom is 0.268 e. The molecule has 0 aliphatic carbocycles. The summed E-state index contributed by atoms with van der Waals surface area (Å²) in [5.41, 5.74) is 1.32. The molecule has 3 heterocycles. The van der Waals surface area contributed by atoms with Crippen molar-refractivity contribution in [3.63, 3.8) is 0 Å². The fourth-order valence-corrected chi connectivity index (χ4v) is 3.76. The number of aryl methyl sites for hydroxylation is 1. The lowest BCUT2D eigenvalue weighted by Gasteiger charge is -2.33. The largest absolute Gasteiger partial charge is 0.497 e. The number of aromatic amines is 1. The number of fused-ring (bicyclic) bond motifs is 1. The second-order valence-corrected chi connectivity index (χ2v) is 7.24. The standard InChI is InChI=1S/C21H25N5O3/c1-3-26-20(27)9-8-19(24-26)25-10-4-5-15(13-25)22-21(28)18-12-14-11-16(29-2)6-7-17(14)23-18/h6-9,11-12,15,23H,3-5,10,13H2,1-2H3,(H,22,28). The lowest BCUT2D eigenvalue weighted by molar-refractivity contribution is 0.0929. The number of nitrogens with one attached hydrogen (secondary N) is 2. The Morgan fingerprint density at radius 3 is 2.97 bits per heavy atom. The summed E-state index contributed by atoms with van der Waals surface area (Å²) in [6, 6.07) is 10.8. The predicted octanol–water partition coefficient (Wildman–Crippen LogP) is 2.15. The molecule has 8 nitrogen and oxygen atoms in total. The first-order chi connectivity index (χ1) is 14.1. The van der Waals surface area contributed by atoms with Crippen LogP contribution in [0.4, 0.5) is 5.82 Å². The minimum atomic E-state index is -0.126. The smallest absolute Gasteiger partial charge is 0.268 e. The van der Waals surface area contributed by atoms with Crippen molar-refractivity contribution in [1.82, 2.24) is 20.1 Å². The van der Waals surface area contributed by atoms with Gasteiger partial charge in [-0.25, -0.2) is 4.68 Å². The van der Waals surface area contributed by atoms with Gasteiger partial charge in [0.25, 0.3) is 11.5 Å². The van der Waals surface area contributed by atoms with Crippen LogP contribution in [0.1, 0.15) is 30.3 Å². The van der Waals surface area contributed by atoms with E-state index in [9.17, 15) is 9.59 Å². The Morgan fingerprint density at radius 2 is 2.17 bits per heavy atom. The third-order valence-corrected chi connectivity index (χ3v) is 5.31. The van der Waals surface area contributed by atoms with Gasteiger partial charge in [0.15, 0.2) is 0 Å². The Hall–Kier alpha value is -3.29. The van der Waals surface area contributed by atoms with Crippen LogP contribution in [0.15, 0.2) is 41.2 Å². The summed E-state index contributed by atoms with van der Waals surface area (Å²) in [5.74, 6) is 1.40. The van der Waals surface area contributed by atoms with Gasteiger partial charge in [0.05, 0.1) is 7.11 Å². The van der Waals surface area contributed by atoms with Crippen molar-refractivity contribution >= 4 is 22.6 Å². The quantitative estimate of drug-likeness (QED) is 0.691. The van der Waals surface area contributed by atoms with Crippen molar-refractivity contribution < 1.29 is 9.53 Å². The number of benzene rings is 1. The van der Waals surface area contributed by atoms with Crippen molar-refractivity contribution in [3.8, 4) is 5.75 Å². The van der Waals surface area contributed by atoms with Crippen LogP contribution in [0.2, 0.25) is 0 Å². The molecule has 2 aromatic heterocycles. The molecule has 1 saturated heterocycles. The summed E-state index contributed by atoms with van der Waals surface area (Å²) >= 11 is 0. The molecule has 0 radical (unpaired) electrons. The first-order valence-corrected chi connectivity index (χ1v) is 9.88. The third kappa shape index (κ3) is 3.96. The Morgan fingerprint density at radius 1 is 1.31 bits per heavy atom. The molecule has 0 saturated carbocycles. The lowest BCUT2D eigenvalue weighted by atomic mass is 10.1. The van der Waals surface area contributed by atoms with Gasteiger partial charge in [0, 0.05) is 42.6 Å². The Kier molecular flexibility index (Phi) is 5.24. The predicted molar refractivity (Wildman–Crippen MR) is 112 cm³/mol. The molecule has 1 amide bonds. The zero-order chi connectivity index (χ0) is 20.4. The monoisotopic (exact) mass is 395 g/mol. The molecule has 1 aliphatic heterocycles. The fourth-order valence-electron chi connectivity index (χ4n) is 3.76. The molecule has 1 fully saturated rings. The van der Waals surface area contributed by atoms with E-state index >= 15 is 0 Å². The van der Waals surface area contributed by atoms with Gasteiger partial charge in [-0.05, 0) is 50.1 Å². The van der Waals surface area contributed by atoms with Crippen LogP contribution in [0.5, 0.6) is 5.75 Å². The molecule has 29 heavy (non-hydrogen) atoms. The molecule has 1 aliphatic rings. The Bertz CT molecular complexity index is 1090. The van der Waals surface area contributed by atoms with Crippen molar-refractivity contribution in [2.24, 2.45) is 0 Å². The van der Waals surface area contributed by atoms with Crippen molar-refractivity contribution in [3.05, 3.63) is 52.4 Å². The summed E-state index contributed by atoms with van der Waals surface area (Å²) < 4.78 is 6.70. The van der Waals surface area contributed by atoms with Gasteiger partial charge >= 0.3 is 0 Å². The summed E-state index contributed by atoms with van der Waals surface area (Å²) in [5, 5.41) is 8.49. The van der Waals surface area contributed by atoms with E-state index in [1.807, 2.05) is 31.2 Å². The number of carbonyl (C=O) groups excluding carboxylic acids is 1. The number of ether oxygens (including phenoxy) is 1. The molecule has 0 bridgehead atoms. The summed E-state index contributed by atoms with van der Waals surface area (Å²) in [7, 11) is 1.62. The molecule has 1 aromatic carbocycles. The van der Waals surface area contributed by atoms with Crippen LogP contribution in [0.3, 0.4) is 0 Å². The van der Waals surface area contributed by atoms with E-state index in [4.69, 9.17) is 4.74 Å². The van der Waals surface area contributed by atoms with Crippen LogP contribution in [0, 0.1) is 0 Å².